The molecular formula is C17H26N4O3S. The fraction of sp³-hybridized carbons (Fsp3) is 0.706. The number of aromatic nitrogens is 2. The molecule has 7 nitrogen and oxygen atoms in total. The highest BCUT2D eigenvalue weighted by Crippen LogP contribution is 2.25. The van der Waals surface area contributed by atoms with E-state index in [9.17, 15) is 9.59 Å². The smallest absolute Gasteiger partial charge is 0.264 e. The highest BCUT2D eigenvalue weighted by atomic mass is 32.2. The van der Waals surface area contributed by atoms with Crippen molar-refractivity contribution in [1.82, 2.24) is 19.8 Å². The molecule has 0 aliphatic carbocycles. The standard InChI is InChI=1S/C17H26N4O3S/c1-12(20-7-9-24-10-8-20)13-3-5-21(6-4-13)16(23)14-11-18-17(25-2)19-15(14)22/h11-13H,3-10H2,1-2H3,(H,18,19,22)/t12-/m1/s1. The Bertz CT molecular complexity index is 652. The lowest BCUT2D eigenvalue weighted by molar-refractivity contribution is -0.000965. The summed E-state index contributed by atoms with van der Waals surface area (Å²) in [6, 6.07) is 0.507. The molecule has 3 rings (SSSR count). The summed E-state index contributed by atoms with van der Waals surface area (Å²) < 4.78 is 5.43. The van der Waals surface area contributed by atoms with Crippen LogP contribution in [0.1, 0.15) is 30.1 Å². The van der Waals surface area contributed by atoms with Gasteiger partial charge in [-0.2, -0.15) is 0 Å². The molecule has 1 aromatic heterocycles. The number of ether oxygens (including phenoxy) is 1. The van der Waals surface area contributed by atoms with Crippen LogP contribution in [0, 0.1) is 5.92 Å². The molecule has 1 amide bonds. The molecule has 0 spiro atoms. The van der Waals surface area contributed by atoms with Gasteiger partial charge in [-0.3, -0.25) is 14.5 Å². The number of rotatable bonds is 4. The fourth-order valence-corrected chi connectivity index (χ4v) is 4.03. The van der Waals surface area contributed by atoms with E-state index in [1.54, 1.807) is 4.90 Å². The molecule has 2 aliphatic heterocycles. The van der Waals surface area contributed by atoms with Gasteiger partial charge in [0.1, 0.15) is 5.56 Å². The summed E-state index contributed by atoms with van der Waals surface area (Å²) in [4.78, 5) is 35.8. The van der Waals surface area contributed by atoms with Gasteiger partial charge < -0.3 is 14.6 Å². The molecule has 0 aromatic carbocycles. The van der Waals surface area contributed by atoms with Crippen LogP contribution in [0.4, 0.5) is 0 Å². The maximum Gasteiger partial charge on any atom is 0.264 e. The van der Waals surface area contributed by atoms with Crippen LogP contribution >= 0.6 is 11.8 Å². The Morgan fingerprint density at radius 3 is 2.60 bits per heavy atom. The molecule has 2 aliphatic rings. The Balaban J connectivity index is 1.58. The Hall–Kier alpha value is -1.38. The molecule has 8 heteroatoms. The van der Waals surface area contributed by atoms with Crippen LogP contribution in [0.15, 0.2) is 16.1 Å². The average Bonchev–Trinajstić information content (AvgIpc) is 2.67. The Labute approximate surface area is 152 Å². The van der Waals surface area contributed by atoms with Crippen LogP contribution in [-0.4, -0.2) is 77.4 Å². The summed E-state index contributed by atoms with van der Waals surface area (Å²) >= 11 is 1.35. The highest BCUT2D eigenvalue weighted by molar-refractivity contribution is 7.98. The van der Waals surface area contributed by atoms with Crippen molar-refractivity contribution in [3.8, 4) is 0 Å². The van der Waals surface area contributed by atoms with Crippen molar-refractivity contribution in [3.05, 3.63) is 22.1 Å². The first-order valence-electron chi connectivity index (χ1n) is 8.84. The Kier molecular flexibility index (Phi) is 6.14. The van der Waals surface area contributed by atoms with Crippen molar-refractivity contribution in [2.75, 3.05) is 45.6 Å². The zero-order valence-corrected chi connectivity index (χ0v) is 15.7. The topological polar surface area (TPSA) is 78.5 Å². The number of morpholine rings is 1. The first kappa shape index (κ1) is 18.4. The molecule has 2 saturated heterocycles. The van der Waals surface area contributed by atoms with Crippen molar-refractivity contribution in [1.29, 1.82) is 0 Å². The lowest BCUT2D eigenvalue weighted by Crippen LogP contribution is -2.49. The fourth-order valence-electron chi connectivity index (χ4n) is 3.67. The van der Waals surface area contributed by atoms with E-state index in [0.717, 1.165) is 39.1 Å². The Morgan fingerprint density at radius 1 is 1.32 bits per heavy atom. The number of thioether (sulfide) groups is 1. The van der Waals surface area contributed by atoms with Crippen LogP contribution in [0.2, 0.25) is 0 Å². The summed E-state index contributed by atoms with van der Waals surface area (Å²) in [5.41, 5.74) is -0.217. The largest absolute Gasteiger partial charge is 0.379 e. The number of hydrogen-bond donors (Lipinski definition) is 1. The number of H-pyrrole nitrogens is 1. The number of amides is 1. The van der Waals surface area contributed by atoms with Crippen molar-refractivity contribution in [2.45, 2.75) is 31.0 Å². The van der Waals surface area contributed by atoms with E-state index in [1.807, 2.05) is 6.26 Å². The molecule has 0 saturated carbocycles. The molecule has 1 atom stereocenters. The molecule has 0 unspecified atom stereocenters. The summed E-state index contributed by atoms with van der Waals surface area (Å²) in [7, 11) is 0. The van der Waals surface area contributed by atoms with Gasteiger partial charge >= 0.3 is 0 Å². The van der Waals surface area contributed by atoms with Crippen LogP contribution in [0.25, 0.3) is 0 Å². The van der Waals surface area contributed by atoms with Gasteiger partial charge in [-0.25, -0.2) is 4.98 Å². The van der Waals surface area contributed by atoms with E-state index < -0.39 is 0 Å². The Morgan fingerprint density at radius 2 is 2.00 bits per heavy atom. The SMILES string of the molecule is CSc1ncc(C(=O)N2CCC([C@@H](C)N3CCOCC3)CC2)c(=O)[nH]1. The number of hydrogen-bond acceptors (Lipinski definition) is 6. The number of nitrogens with zero attached hydrogens (tertiary/aromatic N) is 3. The second-order valence-corrected chi connectivity index (χ2v) is 7.45. The normalized spacial score (nSPS) is 21.3. The number of carbonyl (C=O) groups is 1. The second-order valence-electron chi connectivity index (χ2n) is 6.65. The van der Waals surface area contributed by atoms with Crippen molar-refractivity contribution < 1.29 is 9.53 Å². The van der Waals surface area contributed by atoms with Crippen LogP contribution < -0.4 is 5.56 Å². The summed E-state index contributed by atoms with van der Waals surface area (Å²) in [5, 5.41) is 0.527. The molecule has 3 heterocycles. The van der Waals surface area contributed by atoms with Gasteiger partial charge in [-0.05, 0) is 31.9 Å². The van der Waals surface area contributed by atoms with Gasteiger partial charge in [0.2, 0.25) is 0 Å². The lowest BCUT2D eigenvalue weighted by Gasteiger charge is -2.41. The second kappa shape index (κ2) is 8.33. The number of carbonyl (C=O) groups excluding carboxylic acids is 1. The van der Waals surface area contributed by atoms with E-state index in [1.165, 1.54) is 18.0 Å². The maximum atomic E-state index is 12.6. The van der Waals surface area contributed by atoms with Gasteiger partial charge in [0.05, 0.1) is 13.2 Å². The first-order valence-corrected chi connectivity index (χ1v) is 10.1. The van der Waals surface area contributed by atoms with E-state index in [0.29, 0.717) is 30.2 Å². The lowest BCUT2D eigenvalue weighted by atomic mass is 9.89. The van der Waals surface area contributed by atoms with Gasteiger partial charge in [0, 0.05) is 38.4 Å². The molecular weight excluding hydrogens is 340 g/mol. The molecule has 138 valence electrons. The van der Waals surface area contributed by atoms with Gasteiger partial charge in [-0.15, -0.1) is 0 Å². The molecule has 2 fully saturated rings. The van der Waals surface area contributed by atoms with E-state index in [4.69, 9.17) is 4.74 Å². The zero-order valence-electron chi connectivity index (χ0n) is 14.9. The predicted molar refractivity (Wildman–Crippen MR) is 97.1 cm³/mol. The molecule has 0 radical (unpaired) electrons. The van der Waals surface area contributed by atoms with Crippen molar-refractivity contribution >= 4 is 17.7 Å². The van der Waals surface area contributed by atoms with Crippen LogP contribution in [-0.2, 0) is 4.74 Å². The monoisotopic (exact) mass is 366 g/mol. The van der Waals surface area contributed by atoms with Gasteiger partial charge in [0.15, 0.2) is 5.16 Å². The third-order valence-electron chi connectivity index (χ3n) is 5.33. The summed E-state index contributed by atoms with van der Waals surface area (Å²) in [6.07, 6.45) is 5.17. The summed E-state index contributed by atoms with van der Waals surface area (Å²) in [6.45, 7) is 7.27. The predicted octanol–water partition coefficient (Wildman–Crippen LogP) is 1.06. The van der Waals surface area contributed by atoms with Crippen molar-refractivity contribution in [2.24, 2.45) is 5.92 Å². The van der Waals surface area contributed by atoms with Crippen LogP contribution in [0.3, 0.4) is 0 Å². The van der Waals surface area contributed by atoms with Crippen LogP contribution in [0.5, 0.6) is 0 Å². The quantitative estimate of drug-likeness (QED) is 0.634. The number of nitrogens with one attached hydrogen (secondary N) is 1. The molecule has 1 aromatic rings. The van der Waals surface area contributed by atoms with Crippen molar-refractivity contribution in [3.63, 3.8) is 0 Å². The average molecular weight is 366 g/mol. The highest BCUT2D eigenvalue weighted by Gasteiger charge is 2.31. The zero-order chi connectivity index (χ0) is 17.8. The molecule has 0 bridgehead atoms. The number of likely N-dealkylation sites (tertiary alicyclic amines) is 1. The summed E-state index contributed by atoms with van der Waals surface area (Å²) in [5.74, 6) is 0.372. The third kappa shape index (κ3) is 4.24. The minimum atomic E-state index is -0.354. The van der Waals surface area contributed by atoms with Gasteiger partial charge in [0.25, 0.3) is 11.5 Å². The maximum absolute atomic E-state index is 12.6. The number of piperidine rings is 1. The minimum Gasteiger partial charge on any atom is -0.379 e. The number of aromatic amines is 1. The minimum absolute atomic E-state index is 0.137. The first-order chi connectivity index (χ1) is 12.1. The van der Waals surface area contributed by atoms with E-state index in [-0.39, 0.29) is 17.0 Å². The van der Waals surface area contributed by atoms with E-state index in [2.05, 4.69) is 21.8 Å². The van der Waals surface area contributed by atoms with E-state index >= 15 is 0 Å². The molecule has 25 heavy (non-hydrogen) atoms. The van der Waals surface area contributed by atoms with Gasteiger partial charge in [-0.1, -0.05) is 11.8 Å². The third-order valence-corrected chi connectivity index (χ3v) is 5.92. The molecule has 1 N–H and O–H groups in total.